The van der Waals surface area contributed by atoms with E-state index in [4.69, 9.17) is 5.11 Å². The van der Waals surface area contributed by atoms with Crippen LogP contribution in [0.1, 0.15) is 29.5 Å². The molecule has 0 aliphatic rings. The monoisotopic (exact) mass is 287 g/mol. The molecule has 2 N–H and O–H groups in total. The molecular formula is C15H17N3O3. The number of aliphatic carboxylic acids is 1. The van der Waals surface area contributed by atoms with E-state index in [0.29, 0.717) is 17.7 Å². The zero-order valence-corrected chi connectivity index (χ0v) is 11.9. The Hall–Kier alpha value is -2.63. The molecule has 0 aliphatic heterocycles. The van der Waals surface area contributed by atoms with Crippen LogP contribution in [-0.4, -0.2) is 20.7 Å². The summed E-state index contributed by atoms with van der Waals surface area (Å²) in [6, 6.07) is 5.43. The molecule has 110 valence electrons. The maximum absolute atomic E-state index is 12.4. The van der Waals surface area contributed by atoms with Gasteiger partial charge in [0.05, 0.1) is 12.5 Å². The Kier molecular flexibility index (Phi) is 4.37. The second-order valence-corrected chi connectivity index (χ2v) is 4.84. The Balaban J connectivity index is 2.27. The minimum Gasteiger partial charge on any atom is -0.481 e. The van der Waals surface area contributed by atoms with Crippen LogP contribution in [0.2, 0.25) is 0 Å². The number of nitrogens with one attached hydrogen (secondary N) is 1. The third-order valence-corrected chi connectivity index (χ3v) is 3.33. The van der Waals surface area contributed by atoms with Gasteiger partial charge in [-0.2, -0.15) is 0 Å². The zero-order valence-electron chi connectivity index (χ0n) is 11.9. The van der Waals surface area contributed by atoms with Crippen molar-refractivity contribution in [3.63, 3.8) is 0 Å². The summed E-state index contributed by atoms with van der Waals surface area (Å²) >= 11 is 0. The Morgan fingerprint density at radius 3 is 2.86 bits per heavy atom. The summed E-state index contributed by atoms with van der Waals surface area (Å²) < 4.78 is 1.31. The SMILES string of the molecule is Cc1ccn(NCc2cccnc2)c(=O)c1C(C)C(=O)O. The average molecular weight is 287 g/mol. The molecule has 0 amide bonds. The van der Waals surface area contributed by atoms with E-state index >= 15 is 0 Å². The summed E-state index contributed by atoms with van der Waals surface area (Å²) in [4.78, 5) is 27.5. The van der Waals surface area contributed by atoms with E-state index in [9.17, 15) is 9.59 Å². The van der Waals surface area contributed by atoms with Gasteiger partial charge in [-0.1, -0.05) is 6.07 Å². The van der Waals surface area contributed by atoms with Crippen LogP contribution in [-0.2, 0) is 11.3 Å². The third kappa shape index (κ3) is 3.28. The highest BCUT2D eigenvalue weighted by Crippen LogP contribution is 2.15. The fraction of sp³-hybridized carbons (Fsp3) is 0.267. The fourth-order valence-electron chi connectivity index (χ4n) is 2.10. The molecule has 2 heterocycles. The van der Waals surface area contributed by atoms with Gasteiger partial charge >= 0.3 is 5.97 Å². The van der Waals surface area contributed by atoms with E-state index in [0.717, 1.165) is 5.56 Å². The van der Waals surface area contributed by atoms with Crippen molar-refractivity contribution in [2.75, 3.05) is 5.43 Å². The number of aryl methyl sites for hydroxylation is 1. The van der Waals surface area contributed by atoms with Crippen molar-refractivity contribution in [2.24, 2.45) is 0 Å². The number of hydrogen-bond donors (Lipinski definition) is 2. The molecule has 0 bridgehead atoms. The lowest BCUT2D eigenvalue weighted by atomic mass is 9.99. The number of hydrogen-bond acceptors (Lipinski definition) is 4. The average Bonchev–Trinajstić information content (AvgIpc) is 2.47. The van der Waals surface area contributed by atoms with Gasteiger partial charge in [-0.05, 0) is 37.1 Å². The predicted octanol–water partition coefficient (Wildman–Crippen LogP) is 1.48. The summed E-state index contributed by atoms with van der Waals surface area (Å²) in [5.41, 5.74) is 4.52. The standard InChI is InChI=1S/C15H17N3O3/c1-10-5-7-18(14(19)13(10)11(2)15(20)21)17-9-12-4-3-6-16-8-12/h3-8,11,17H,9H2,1-2H3,(H,20,21). The summed E-state index contributed by atoms with van der Waals surface area (Å²) in [6.45, 7) is 3.68. The van der Waals surface area contributed by atoms with Crippen LogP contribution in [0.15, 0.2) is 41.6 Å². The van der Waals surface area contributed by atoms with Crippen LogP contribution in [0.3, 0.4) is 0 Å². The van der Waals surface area contributed by atoms with E-state index in [1.54, 1.807) is 31.6 Å². The minimum absolute atomic E-state index is 0.295. The quantitative estimate of drug-likeness (QED) is 0.870. The first kappa shape index (κ1) is 14.8. The molecule has 0 spiro atoms. The first-order valence-electron chi connectivity index (χ1n) is 6.58. The molecule has 0 aliphatic carbocycles. The maximum Gasteiger partial charge on any atom is 0.310 e. The van der Waals surface area contributed by atoms with Gasteiger partial charge in [0.2, 0.25) is 0 Å². The van der Waals surface area contributed by atoms with E-state index in [-0.39, 0.29) is 5.56 Å². The van der Waals surface area contributed by atoms with Crippen LogP contribution in [0.5, 0.6) is 0 Å². The van der Waals surface area contributed by atoms with E-state index in [1.807, 2.05) is 12.1 Å². The van der Waals surface area contributed by atoms with Gasteiger partial charge in [-0.15, -0.1) is 0 Å². The molecule has 1 atom stereocenters. The summed E-state index contributed by atoms with van der Waals surface area (Å²) in [5, 5.41) is 9.11. The van der Waals surface area contributed by atoms with Gasteiger partial charge in [0.1, 0.15) is 0 Å². The van der Waals surface area contributed by atoms with E-state index in [1.165, 1.54) is 11.6 Å². The van der Waals surface area contributed by atoms with Crippen molar-refractivity contribution < 1.29 is 9.90 Å². The molecular weight excluding hydrogens is 270 g/mol. The van der Waals surface area contributed by atoms with Crippen LogP contribution in [0, 0.1) is 6.92 Å². The lowest BCUT2D eigenvalue weighted by Crippen LogP contribution is -2.33. The van der Waals surface area contributed by atoms with Crippen LogP contribution in [0.25, 0.3) is 0 Å². The number of carboxylic acid groups (broad SMARTS) is 1. The lowest BCUT2D eigenvalue weighted by Gasteiger charge is -2.14. The van der Waals surface area contributed by atoms with Crippen molar-refractivity contribution in [2.45, 2.75) is 26.3 Å². The van der Waals surface area contributed by atoms with Crippen molar-refractivity contribution in [1.82, 2.24) is 9.66 Å². The van der Waals surface area contributed by atoms with Crippen molar-refractivity contribution in [1.29, 1.82) is 0 Å². The molecule has 2 aromatic rings. The first-order chi connectivity index (χ1) is 10.0. The van der Waals surface area contributed by atoms with Crippen molar-refractivity contribution >= 4 is 5.97 Å². The van der Waals surface area contributed by atoms with Crippen LogP contribution in [0.4, 0.5) is 0 Å². The van der Waals surface area contributed by atoms with E-state index in [2.05, 4.69) is 10.4 Å². The Morgan fingerprint density at radius 1 is 1.48 bits per heavy atom. The smallest absolute Gasteiger partial charge is 0.310 e. The van der Waals surface area contributed by atoms with Gasteiger partial charge in [-0.25, -0.2) is 4.68 Å². The number of rotatable bonds is 5. The molecule has 0 saturated heterocycles. The Labute approximate surface area is 122 Å². The predicted molar refractivity (Wildman–Crippen MR) is 78.8 cm³/mol. The highest BCUT2D eigenvalue weighted by atomic mass is 16.4. The molecule has 0 radical (unpaired) electrons. The first-order valence-corrected chi connectivity index (χ1v) is 6.58. The maximum atomic E-state index is 12.4. The summed E-state index contributed by atoms with van der Waals surface area (Å²) in [7, 11) is 0. The number of pyridine rings is 2. The van der Waals surface area contributed by atoms with Crippen molar-refractivity contribution in [3.8, 4) is 0 Å². The molecule has 2 aromatic heterocycles. The summed E-state index contributed by atoms with van der Waals surface area (Å²) in [5.74, 6) is -1.86. The topological polar surface area (TPSA) is 84.2 Å². The third-order valence-electron chi connectivity index (χ3n) is 3.33. The van der Waals surface area contributed by atoms with Gasteiger partial charge in [0, 0.05) is 24.2 Å². The molecule has 0 fully saturated rings. The molecule has 0 saturated carbocycles. The van der Waals surface area contributed by atoms with Crippen LogP contribution < -0.4 is 11.0 Å². The minimum atomic E-state index is -1.01. The van der Waals surface area contributed by atoms with Gasteiger partial charge in [0.15, 0.2) is 0 Å². The van der Waals surface area contributed by atoms with Gasteiger partial charge < -0.3 is 10.5 Å². The lowest BCUT2D eigenvalue weighted by molar-refractivity contribution is -0.138. The Bertz CT molecular complexity index is 695. The molecule has 21 heavy (non-hydrogen) atoms. The summed E-state index contributed by atoms with van der Waals surface area (Å²) in [6.07, 6.45) is 4.98. The number of aromatic nitrogens is 2. The van der Waals surface area contributed by atoms with Gasteiger partial charge in [0.25, 0.3) is 5.56 Å². The Morgan fingerprint density at radius 2 is 2.24 bits per heavy atom. The molecule has 6 nitrogen and oxygen atoms in total. The van der Waals surface area contributed by atoms with Crippen LogP contribution >= 0.6 is 0 Å². The number of carbonyl (C=O) groups is 1. The second-order valence-electron chi connectivity index (χ2n) is 4.84. The largest absolute Gasteiger partial charge is 0.481 e. The fourth-order valence-corrected chi connectivity index (χ4v) is 2.10. The van der Waals surface area contributed by atoms with E-state index < -0.39 is 11.9 Å². The molecule has 0 aromatic carbocycles. The highest BCUT2D eigenvalue weighted by molar-refractivity contribution is 5.75. The second kappa shape index (κ2) is 6.21. The molecule has 6 heteroatoms. The van der Waals surface area contributed by atoms with Crippen molar-refractivity contribution in [3.05, 3.63) is 63.8 Å². The van der Waals surface area contributed by atoms with Gasteiger partial charge in [-0.3, -0.25) is 14.6 Å². The molecule has 2 rings (SSSR count). The number of carboxylic acids is 1. The number of nitrogens with zero attached hydrogens (tertiary/aromatic N) is 2. The highest BCUT2D eigenvalue weighted by Gasteiger charge is 2.20. The molecule has 1 unspecified atom stereocenters. The normalized spacial score (nSPS) is 11.9. The zero-order chi connectivity index (χ0) is 15.4.